The van der Waals surface area contributed by atoms with Crippen LogP contribution in [0.2, 0.25) is 0 Å². The Balaban J connectivity index is 1.90. The lowest BCUT2D eigenvalue weighted by Crippen LogP contribution is -2.51. The molecule has 3 atom stereocenters. The molecule has 1 saturated carbocycles. The van der Waals surface area contributed by atoms with Crippen LogP contribution in [0.4, 0.5) is 0 Å². The molecule has 0 aromatic heterocycles. The van der Waals surface area contributed by atoms with Crippen molar-refractivity contribution in [2.24, 2.45) is 5.73 Å². The molecular weight excluding hydrogens is 332 g/mol. The van der Waals surface area contributed by atoms with Crippen LogP contribution in [0.25, 0.3) is 0 Å². The summed E-state index contributed by atoms with van der Waals surface area (Å²) in [5.41, 5.74) is 7.35. The molecule has 5 heteroatoms. The standard InChI is InChI=1S/C16H23BrN2O2/c1-20-11-5-6-13(17)12(9-11)15(10-18)19-7-8-21-16-4-2-3-14(16)19/h5-6,9,14-16H,2-4,7-8,10,18H2,1H3. The van der Waals surface area contributed by atoms with Gasteiger partial charge in [-0.15, -0.1) is 0 Å². The Kier molecular flexibility index (Phi) is 4.84. The number of nitrogens with two attached hydrogens (primary N) is 1. The minimum absolute atomic E-state index is 0.212. The number of nitrogens with zero attached hydrogens (tertiary/aromatic N) is 1. The zero-order chi connectivity index (χ0) is 14.8. The first kappa shape index (κ1) is 15.3. The summed E-state index contributed by atoms with van der Waals surface area (Å²) in [4.78, 5) is 2.54. The molecule has 1 heterocycles. The Morgan fingerprint density at radius 1 is 1.48 bits per heavy atom. The number of morpholine rings is 1. The quantitative estimate of drug-likeness (QED) is 0.902. The SMILES string of the molecule is COc1ccc(Br)c(C(CN)N2CCOC3CCCC32)c1. The van der Waals surface area contributed by atoms with E-state index in [4.69, 9.17) is 15.2 Å². The molecule has 2 aliphatic rings. The van der Waals surface area contributed by atoms with Crippen LogP contribution in [-0.2, 0) is 4.74 Å². The molecule has 1 aliphatic carbocycles. The maximum Gasteiger partial charge on any atom is 0.119 e. The van der Waals surface area contributed by atoms with Gasteiger partial charge in [0.05, 0.1) is 19.8 Å². The molecule has 3 rings (SSSR count). The lowest BCUT2D eigenvalue weighted by atomic mass is 10.0. The van der Waals surface area contributed by atoms with E-state index in [-0.39, 0.29) is 6.04 Å². The van der Waals surface area contributed by atoms with Crippen LogP contribution in [0.3, 0.4) is 0 Å². The van der Waals surface area contributed by atoms with Gasteiger partial charge >= 0.3 is 0 Å². The van der Waals surface area contributed by atoms with E-state index < -0.39 is 0 Å². The van der Waals surface area contributed by atoms with Crippen molar-refractivity contribution in [2.45, 2.75) is 37.5 Å². The van der Waals surface area contributed by atoms with Crippen LogP contribution in [0, 0.1) is 0 Å². The van der Waals surface area contributed by atoms with E-state index in [9.17, 15) is 0 Å². The van der Waals surface area contributed by atoms with Crippen LogP contribution in [0.15, 0.2) is 22.7 Å². The summed E-state index contributed by atoms with van der Waals surface area (Å²) >= 11 is 3.67. The molecule has 0 radical (unpaired) electrons. The van der Waals surface area contributed by atoms with Crippen molar-refractivity contribution in [2.75, 3.05) is 26.8 Å². The number of methoxy groups -OCH3 is 1. The second kappa shape index (κ2) is 6.65. The highest BCUT2D eigenvalue weighted by Gasteiger charge is 2.39. The first-order valence-corrected chi connectivity index (χ1v) is 8.44. The topological polar surface area (TPSA) is 47.7 Å². The summed E-state index contributed by atoms with van der Waals surface area (Å²) in [6.45, 7) is 2.36. The normalized spacial score (nSPS) is 27.4. The predicted molar refractivity (Wildman–Crippen MR) is 86.6 cm³/mol. The Morgan fingerprint density at radius 3 is 3.10 bits per heavy atom. The molecule has 0 spiro atoms. The van der Waals surface area contributed by atoms with Gasteiger partial charge < -0.3 is 15.2 Å². The number of benzene rings is 1. The highest BCUT2D eigenvalue weighted by atomic mass is 79.9. The van der Waals surface area contributed by atoms with Crippen LogP contribution in [0.1, 0.15) is 30.9 Å². The van der Waals surface area contributed by atoms with Crippen LogP contribution < -0.4 is 10.5 Å². The summed E-state index contributed by atoms with van der Waals surface area (Å²) in [6, 6.07) is 6.83. The molecule has 21 heavy (non-hydrogen) atoms. The average Bonchev–Trinajstić information content (AvgIpc) is 2.99. The number of hydrogen-bond donors (Lipinski definition) is 1. The fourth-order valence-corrected chi connectivity index (χ4v) is 4.20. The molecule has 116 valence electrons. The van der Waals surface area contributed by atoms with Crippen molar-refractivity contribution in [1.29, 1.82) is 0 Å². The third-order valence-corrected chi connectivity index (χ3v) is 5.43. The number of fused-ring (bicyclic) bond motifs is 1. The maximum absolute atomic E-state index is 6.13. The maximum atomic E-state index is 6.13. The molecule has 0 amide bonds. The van der Waals surface area contributed by atoms with Crippen LogP contribution in [-0.4, -0.2) is 43.9 Å². The van der Waals surface area contributed by atoms with Gasteiger partial charge in [-0.2, -0.15) is 0 Å². The largest absolute Gasteiger partial charge is 0.497 e. The molecule has 1 saturated heterocycles. The minimum Gasteiger partial charge on any atom is -0.497 e. The summed E-state index contributed by atoms with van der Waals surface area (Å²) in [5.74, 6) is 0.878. The van der Waals surface area contributed by atoms with Gasteiger partial charge in [0.25, 0.3) is 0 Å². The summed E-state index contributed by atoms with van der Waals surface area (Å²) in [6.07, 6.45) is 4.03. The molecule has 2 fully saturated rings. The second-order valence-electron chi connectivity index (χ2n) is 5.78. The van der Waals surface area contributed by atoms with E-state index in [0.29, 0.717) is 18.7 Å². The Bertz CT molecular complexity index is 497. The van der Waals surface area contributed by atoms with Crippen LogP contribution >= 0.6 is 15.9 Å². The third-order valence-electron chi connectivity index (χ3n) is 4.71. The Morgan fingerprint density at radius 2 is 2.33 bits per heavy atom. The van der Waals surface area contributed by atoms with Gasteiger partial charge in [-0.1, -0.05) is 15.9 Å². The molecule has 0 bridgehead atoms. The van der Waals surface area contributed by atoms with Gasteiger partial charge in [-0.25, -0.2) is 0 Å². The monoisotopic (exact) mass is 354 g/mol. The summed E-state index contributed by atoms with van der Waals surface area (Å²) < 4.78 is 12.4. The van der Waals surface area contributed by atoms with Crippen molar-refractivity contribution in [1.82, 2.24) is 4.90 Å². The molecule has 1 aromatic carbocycles. The van der Waals surface area contributed by atoms with Gasteiger partial charge in [0.1, 0.15) is 5.75 Å². The predicted octanol–water partition coefficient (Wildman–Crippen LogP) is 2.71. The molecular formula is C16H23BrN2O2. The highest BCUT2D eigenvalue weighted by Crippen LogP contribution is 2.37. The van der Waals surface area contributed by atoms with Crippen molar-refractivity contribution in [3.8, 4) is 5.75 Å². The summed E-state index contributed by atoms with van der Waals surface area (Å²) in [5, 5.41) is 0. The van der Waals surface area contributed by atoms with Gasteiger partial charge in [0, 0.05) is 29.6 Å². The van der Waals surface area contributed by atoms with Gasteiger partial charge in [-0.05, 0) is 43.0 Å². The number of halogens is 1. The highest BCUT2D eigenvalue weighted by molar-refractivity contribution is 9.10. The van der Waals surface area contributed by atoms with E-state index in [1.165, 1.54) is 24.8 Å². The number of hydrogen-bond acceptors (Lipinski definition) is 4. The molecule has 2 N–H and O–H groups in total. The van der Waals surface area contributed by atoms with Gasteiger partial charge in [0.2, 0.25) is 0 Å². The Hall–Kier alpha value is -0.620. The fourth-order valence-electron chi connectivity index (χ4n) is 3.69. The van der Waals surface area contributed by atoms with Gasteiger partial charge in [0.15, 0.2) is 0 Å². The number of ether oxygens (including phenoxy) is 2. The van der Waals surface area contributed by atoms with E-state index in [2.05, 4.69) is 26.9 Å². The lowest BCUT2D eigenvalue weighted by Gasteiger charge is -2.42. The fraction of sp³-hybridized carbons (Fsp3) is 0.625. The molecule has 3 unspecified atom stereocenters. The van der Waals surface area contributed by atoms with Crippen molar-refractivity contribution >= 4 is 15.9 Å². The Labute approximate surface area is 134 Å². The molecule has 4 nitrogen and oxygen atoms in total. The zero-order valence-electron chi connectivity index (χ0n) is 12.4. The lowest BCUT2D eigenvalue weighted by molar-refractivity contribution is -0.0712. The number of rotatable bonds is 4. The minimum atomic E-state index is 0.212. The molecule has 1 aliphatic heterocycles. The van der Waals surface area contributed by atoms with Gasteiger partial charge in [-0.3, -0.25) is 4.90 Å². The van der Waals surface area contributed by atoms with Crippen molar-refractivity contribution in [3.63, 3.8) is 0 Å². The smallest absolute Gasteiger partial charge is 0.119 e. The van der Waals surface area contributed by atoms with E-state index in [1.54, 1.807) is 7.11 Å². The first-order chi connectivity index (χ1) is 10.2. The van der Waals surface area contributed by atoms with Crippen molar-refractivity contribution in [3.05, 3.63) is 28.2 Å². The van der Waals surface area contributed by atoms with Crippen LogP contribution in [0.5, 0.6) is 5.75 Å². The second-order valence-corrected chi connectivity index (χ2v) is 6.64. The van der Waals surface area contributed by atoms with E-state index in [0.717, 1.165) is 23.4 Å². The first-order valence-electron chi connectivity index (χ1n) is 7.65. The van der Waals surface area contributed by atoms with E-state index >= 15 is 0 Å². The average molecular weight is 355 g/mol. The van der Waals surface area contributed by atoms with Crippen molar-refractivity contribution < 1.29 is 9.47 Å². The molecule has 1 aromatic rings. The summed E-state index contributed by atoms with van der Waals surface area (Å²) in [7, 11) is 1.70. The van der Waals surface area contributed by atoms with E-state index in [1.807, 2.05) is 12.1 Å². The zero-order valence-corrected chi connectivity index (χ0v) is 14.0. The third kappa shape index (κ3) is 2.97.